The van der Waals surface area contributed by atoms with Crippen LogP contribution in [-0.4, -0.2) is 42.1 Å². The van der Waals surface area contributed by atoms with Crippen LogP contribution in [0.2, 0.25) is 0 Å². The van der Waals surface area contributed by atoms with Gasteiger partial charge < -0.3 is 4.90 Å². The molecule has 0 spiro atoms. The number of aryl methyl sites for hydroxylation is 1. The second-order valence-corrected chi connectivity index (χ2v) is 6.38. The van der Waals surface area contributed by atoms with Crippen molar-refractivity contribution in [3.8, 4) is 0 Å². The molecule has 3 nitrogen and oxygen atoms in total. The molecule has 2 aliphatic rings. The minimum absolute atomic E-state index is 0.740. The van der Waals surface area contributed by atoms with Crippen molar-refractivity contribution < 1.29 is 0 Å². The van der Waals surface area contributed by atoms with Gasteiger partial charge in [0.2, 0.25) is 0 Å². The normalized spacial score (nSPS) is 25.4. The van der Waals surface area contributed by atoms with Gasteiger partial charge in [0.25, 0.3) is 0 Å². The van der Waals surface area contributed by atoms with Crippen molar-refractivity contribution in [3.05, 3.63) is 23.9 Å². The lowest BCUT2D eigenvalue weighted by molar-refractivity contribution is 0.182. The topological polar surface area (TPSA) is 19.4 Å². The van der Waals surface area contributed by atoms with Gasteiger partial charge in [0.15, 0.2) is 0 Å². The summed E-state index contributed by atoms with van der Waals surface area (Å²) in [5.41, 5.74) is 1.31. The second kappa shape index (κ2) is 6.57. The van der Waals surface area contributed by atoms with Crippen LogP contribution in [0.15, 0.2) is 18.3 Å². The molecular weight excluding hydrogens is 246 g/mol. The number of nitrogens with zero attached hydrogens (tertiary/aromatic N) is 3. The van der Waals surface area contributed by atoms with E-state index < -0.39 is 0 Å². The molecule has 3 heterocycles. The number of anilines is 1. The molecule has 1 aromatic rings. The molecule has 3 rings (SSSR count). The first-order valence-corrected chi connectivity index (χ1v) is 8.24. The highest BCUT2D eigenvalue weighted by Gasteiger charge is 2.26. The number of likely N-dealkylation sites (tertiary alicyclic amines) is 1. The van der Waals surface area contributed by atoms with E-state index in [1.165, 1.54) is 69.5 Å². The number of pyridine rings is 1. The van der Waals surface area contributed by atoms with Gasteiger partial charge in [-0.1, -0.05) is 12.8 Å². The van der Waals surface area contributed by atoms with Crippen molar-refractivity contribution in [2.45, 2.75) is 51.5 Å². The SMILES string of the molecule is Cc1ccnc(N2CCCC(N3CCCCCC3)C2)c1. The van der Waals surface area contributed by atoms with Crippen LogP contribution < -0.4 is 4.90 Å². The third-order valence-corrected chi connectivity index (χ3v) is 4.78. The molecule has 0 radical (unpaired) electrons. The maximum atomic E-state index is 4.57. The molecule has 0 saturated carbocycles. The Morgan fingerprint density at radius 3 is 2.60 bits per heavy atom. The molecule has 3 heteroatoms. The molecule has 1 unspecified atom stereocenters. The first kappa shape index (κ1) is 13.9. The average Bonchev–Trinajstić information content (AvgIpc) is 2.76. The van der Waals surface area contributed by atoms with E-state index >= 15 is 0 Å². The molecule has 20 heavy (non-hydrogen) atoms. The van der Waals surface area contributed by atoms with Crippen molar-refractivity contribution in [1.82, 2.24) is 9.88 Å². The molecule has 2 aliphatic heterocycles. The Hall–Kier alpha value is -1.09. The Morgan fingerprint density at radius 1 is 1.05 bits per heavy atom. The lowest BCUT2D eigenvalue weighted by atomic mass is 10.0. The van der Waals surface area contributed by atoms with Crippen LogP contribution in [0.5, 0.6) is 0 Å². The van der Waals surface area contributed by atoms with E-state index in [0.29, 0.717) is 0 Å². The third-order valence-electron chi connectivity index (χ3n) is 4.78. The first-order valence-electron chi connectivity index (χ1n) is 8.24. The summed E-state index contributed by atoms with van der Waals surface area (Å²) in [6.07, 6.45) is 10.2. The predicted octanol–water partition coefficient (Wildman–Crippen LogP) is 3.23. The smallest absolute Gasteiger partial charge is 0.128 e. The second-order valence-electron chi connectivity index (χ2n) is 6.38. The molecule has 1 atom stereocenters. The molecule has 0 aromatic carbocycles. The fraction of sp³-hybridized carbons (Fsp3) is 0.706. The summed E-state index contributed by atoms with van der Waals surface area (Å²) >= 11 is 0. The van der Waals surface area contributed by atoms with Gasteiger partial charge in [-0.25, -0.2) is 4.98 Å². The standard InChI is InChI=1S/C17H27N3/c1-15-8-9-18-17(13-15)20-12-6-7-16(14-20)19-10-4-2-3-5-11-19/h8-9,13,16H,2-7,10-12,14H2,1H3. The zero-order chi connectivity index (χ0) is 13.8. The van der Waals surface area contributed by atoms with E-state index in [2.05, 4.69) is 33.8 Å². The van der Waals surface area contributed by atoms with Crippen molar-refractivity contribution in [2.24, 2.45) is 0 Å². The molecule has 2 saturated heterocycles. The summed E-state index contributed by atoms with van der Waals surface area (Å²) in [5, 5.41) is 0. The van der Waals surface area contributed by atoms with Crippen LogP contribution in [0.25, 0.3) is 0 Å². The van der Waals surface area contributed by atoms with Gasteiger partial charge in [0.05, 0.1) is 0 Å². The quantitative estimate of drug-likeness (QED) is 0.824. The van der Waals surface area contributed by atoms with E-state index in [1.54, 1.807) is 0 Å². The molecular formula is C17H27N3. The Labute approximate surface area is 123 Å². The Bertz CT molecular complexity index is 424. The molecule has 1 aromatic heterocycles. The van der Waals surface area contributed by atoms with Crippen molar-refractivity contribution in [1.29, 1.82) is 0 Å². The number of hydrogen-bond donors (Lipinski definition) is 0. The number of aromatic nitrogens is 1. The van der Waals surface area contributed by atoms with Crippen LogP contribution in [0.1, 0.15) is 44.1 Å². The monoisotopic (exact) mass is 273 g/mol. The van der Waals surface area contributed by atoms with Gasteiger partial charge in [-0.05, 0) is 63.4 Å². The molecule has 2 fully saturated rings. The largest absolute Gasteiger partial charge is 0.355 e. The van der Waals surface area contributed by atoms with Gasteiger partial charge in [0.1, 0.15) is 5.82 Å². The highest BCUT2D eigenvalue weighted by Crippen LogP contribution is 2.23. The Balaban J connectivity index is 1.66. The summed E-state index contributed by atoms with van der Waals surface area (Å²) in [4.78, 5) is 9.81. The zero-order valence-electron chi connectivity index (χ0n) is 12.7. The van der Waals surface area contributed by atoms with Gasteiger partial charge in [0, 0.05) is 25.3 Å². The predicted molar refractivity (Wildman–Crippen MR) is 84.3 cm³/mol. The number of rotatable bonds is 2. The van der Waals surface area contributed by atoms with Crippen LogP contribution in [0.4, 0.5) is 5.82 Å². The fourth-order valence-electron chi connectivity index (χ4n) is 3.61. The molecule has 0 bridgehead atoms. The highest BCUT2D eigenvalue weighted by atomic mass is 15.3. The lowest BCUT2D eigenvalue weighted by Gasteiger charge is -2.39. The summed E-state index contributed by atoms with van der Waals surface area (Å²) < 4.78 is 0. The van der Waals surface area contributed by atoms with Crippen molar-refractivity contribution in [2.75, 3.05) is 31.1 Å². The molecule has 0 N–H and O–H groups in total. The van der Waals surface area contributed by atoms with Crippen molar-refractivity contribution in [3.63, 3.8) is 0 Å². The van der Waals surface area contributed by atoms with E-state index in [0.717, 1.165) is 12.6 Å². The van der Waals surface area contributed by atoms with E-state index in [9.17, 15) is 0 Å². The summed E-state index contributed by atoms with van der Waals surface area (Å²) in [6.45, 7) is 7.10. The van der Waals surface area contributed by atoms with Gasteiger partial charge in [-0.2, -0.15) is 0 Å². The van der Waals surface area contributed by atoms with E-state index in [1.807, 2.05) is 6.20 Å². The Morgan fingerprint density at radius 2 is 1.85 bits per heavy atom. The number of hydrogen-bond acceptors (Lipinski definition) is 3. The minimum Gasteiger partial charge on any atom is -0.355 e. The molecule has 110 valence electrons. The van der Waals surface area contributed by atoms with Gasteiger partial charge in [-0.15, -0.1) is 0 Å². The van der Waals surface area contributed by atoms with Crippen LogP contribution >= 0.6 is 0 Å². The summed E-state index contributed by atoms with van der Waals surface area (Å²) in [7, 11) is 0. The van der Waals surface area contributed by atoms with Crippen LogP contribution in [0, 0.1) is 6.92 Å². The highest BCUT2D eigenvalue weighted by molar-refractivity contribution is 5.41. The zero-order valence-corrected chi connectivity index (χ0v) is 12.7. The van der Waals surface area contributed by atoms with Gasteiger partial charge >= 0.3 is 0 Å². The van der Waals surface area contributed by atoms with Crippen LogP contribution in [0.3, 0.4) is 0 Å². The lowest BCUT2D eigenvalue weighted by Crippen LogP contribution is -2.48. The van der Waals surface area contributed by atoms with E-state index in [4.69, 9.17) is 0 Å². The Kier molecular flexibility index (Phi) is 4.56. The maximum Gasteiger partial charge on any atom is 0.128 e. The maximum absolute atomic E-state index is 4.57. The summed E-state index contributed by atoms with van der Waals surface area (Å²) in [5.74, 6) is 1.17. The minimum atomic E-state index is 0.740. The number of piperidine rings is 1. The third kappa shape index (κ3) is 3.32. The molecule has 0 aliphatic carbocycles. The fourth-order valence-corrected chi connectivity index (χ4v) is 3.61. The molecule has 0 amide bonds. The van der Waals surface area contributed by atoms with Crippen molar-refractivity contribution >= 4 is 5.82 Å². The van der Waals surface area contributed by atoms with Gasteiger partial charge in [-0.3, -0.25) is 4.90 Å². The first-order chi connectivity index (χ1) is 9.83. The van der Waals surface area contributed by atoms with Crippen LogP contribution in [-0.2, 0) is 0 Å². The summed E-state index contributed by atoms with van der Waals surface area (Å²) in [6, 6.07) is 5.05. The average molecular weight is 273 g/mol. The van der Waals surface area contributed by atoms with E-state index in [-0.39, 0.29) is 0 Å².